The molecule has 6 heteroatoms. The van der Waals surface area contributed by atoms with E-state index in [0.717, 1.165) is 11.1 Å². The molecule has 0 aliphatic carbocycles. The molecule has 1 aromatic carbocycles. The van der Waals surface area contributed by atoms with E-state index < -0.39 is 5.79 Å². The average Bonchev–Trinajstić information content (AvgIpc) is 2.89. The van der Waals surface area contributed by atoms with Crippen LogP contribution in [-0.4, -0.2) is 33.8 Å². The quantitative estimate of drug-likeness (QED) is 0.927. The first-order valence-corrected chi connectivity index (χ1v) is 8.76. The zero-order chi connectivity index (χ0) is 18.4. The van der Waals surface area contributed by atoms with Gasteiger partial charge >= 0.3 is 5.69 Å². The van der Waals surface area contributed by atoms with Crippen LogP contribution in [0, 0.1) is 13.8 Å². The lowest BCUT2D eigenvalue weighted by molar-refractivity contribution is -0.258. The van der Waals surface area contributed by atoms with Crippen LogP contribution in [-0.2, 0) is 9.47 Å². The number of aryl methyl sites for hydroxylation is 2. The third-order valence-electron chi connectivity index (χ3n) is 4.79. The first-order chi connectivity index (χ1) is 11.7. The summed E-state index contributed by atoms with van der Waals surface area (Å²) in [5.41, 5.74) is 4.35. The van der Waals surface area contributed by atoms with Crippen LogP contribution in [0.15, 0.2) is 16.9 Å². The van der Waals surface area contributed by atoms with Gasteiger partial charge in [-0.05, 0) is 56.4 Å². The maximum Gasteiger partial charge on any atom is 0.344 e. The van der Waals surface area contributed by atoms with Crippen LogP contribution in [0.5, 0.6) is 0 Å². The molecule has 0 unspecified atom stereocenters. The number of H-pyrrole nitrogens is 1. The van der Waals surface area contributed by atoms with Crippen LogP contribution in [0.2, 0.25) is 0 Å². The van der Waals surface area contributed by atoms with Crippen LogP contribution in [0.3, 0.4) is 0 Å². The Hall–Kier alpha value is -1.92. The van der Waals surface area contributed by atoms with Gasteiger partial charge in [0.15, 0.2) is 11.6 Å². The molecule has 0 spiro atoms. The van der Waals surface area contributed by atoms with E-state index in [1.54, 1.807) is 4.57 Å². The lowest BCUT2D eigenvalue weighted by Gasteiger charge is -2.35. The van der Waals surface area contributed by atoms with Crippen molar-refractivity contribution in [1.82, 2.24) is 14.8 Å². The lowest BCUT2D eigenvalue weighted by atomic mass is 9.92. The minimum Gasteiger partial charge on any atom is -0.348 e. The van der Waals surface area contributed by atoms with Gasteiger partial charge in [-0.25, -0.2) is 9.89 Å². The summed E-state index contributed by atoms with van der Waals surface area (Å²) in [6.07, 6.45) is 0. The van der Waals surface area contributed by atoms with Crippen molar-refractivity contribution in [1.29, 1.82) is 0 Å². The van der Waals surface area contributed by atoms with Gasteiger partial charge in [0.05, 0.1) is 19.3 Å². The average molecular weight is 345 g/mol. The fourth-order valence-electron chi connectivity index (χ4n) is 3.40. The Kier molecular flexibility index (Phi) is 4.60. The molecule has 0 atom stereocenters. The molecular weight excluding hydrogens is 318 g/mol. The summed E-state index contributed by atoms with van der Waals surface area (Å²) in [5, 5.41) is 6.89. The van der Waals surface area contributed by atoms with Crippen molar-refractivity contribution in [2.75, 3.05) is 13.2 Å². The Labute approximate surface area is 148 Å². The molecule has 2 aromatic rings. The molecule has 136 valence electrons. The fraction of sp³-hybridized carbons (Fsp3) is 0.579. The minimum absolute atomic E-state index is 0.197. The molecule has 0 bridgehead atoms. The summed E-state index contributed by atoms with van der Waals surface area (Å²) < 4.78 is 13.1. The molecule has 1 aliphatic rings. The second-order valence-electron chi connectivity index (χ2n) is 7.58. The molecule has 0 amide bonds. The van der Waals surface area contributed by atoms with Crippen LogP contribution in [0.4, 0.5) is 0 Å². The van der Waals surface area contributed by atoms with E-state index in [1.807, 2.05) is 20.8 Å². The van der Waals surface area contributed by atoms with Gasteiger partial charge in [0.25, 0.3) is 0 Å². The van der Waals surface area contributed by atoms with E-state index in [0.29, 0.717) is 25.0 Å². The molecule has 1 aliphatic heterocycles. The maximum atomic E-state index is 12.4. The van der Waals surface area contributed by atoms with Gasteiger partial charge in [-0.3, -0.25) is 4.57 Å². The third kappa shape index (κ3) is 3.41. The molecule has 1 N–H and O–H groups in total. The second-order valence-corrected chi connectivity index (χ2v) is 7.58. The van der Waals surface area contributed by atoms with Gasteiger partial charge in [-0.2, -0.15) is 5.10 Å². The highest BCUT2D eigenvalue weighted by Gasteiger charge is 2.32. The predicted molar refractivity (Wildman–Crippen MR) is 96.9 cm³/mol. The van der Waals surface area contributed by atoms with Crippen LogP contribution in [0.25, 0.3) is 11.4 Å². The lowest BCUT2D eigenvalue weighted by Crippen LogP contribution is -2.42. The van der Waals surface area contributed by atoms with Gasteiger partial charge in [0, 0.05) is 5.56 Å². The molecule has 2 heterocycles. The first kappa shape index (κ1) is 17.9. The van der Waals surface area contributed by atoms with Gasteiger partial charge in [0.1, 0.15) is 0 Å². The Morgan fingerprint density at radius 3 is 2.44 bits per heavy atom. The molecule has 25 heavy (non-hydrogen) atoms. The Bertz CT molecular complexity index is 823. The normalized spacial score (nSPS) is 18.0. The standard InChI is InChI=1S/C19H27N3O3/c1-11(2)15-8-16(13(4)7-12(15)3)17-20-21-18(23)22(17)14-9-24-19(5,6)25-10-14/h7-8,11,14H,9-10H2,1-6H3,(H,21,23). The third-order valence-corrected chi connectivity index (χ3v) is 4.79. The zero-order valence-corrected chi connectivity index (χ0v) is 15.8. The predicted octanol–water partition coefficient (Wildman–Crippen LogP) is 3.30. The number of nitrogens with zero attached hydrogens (tertiary/aromatic N) is 2. The van der Waals surface area contributed by atoms with E-state index in [9.17, 15) is 4.79 Å². The molecule has 3 rings (SSSR count). The minimum atomic E-state index is -0.616. The van der Waals surface area contributed by atoms with Crippen LogP contribution in [0.1, 0.15) is 56.3 Å². The Morgan fingerprint density at radius 1 is 1.20 bits per heavy atom. The summed E-state index contributed by atoms with van der Waals surface area (Å²) in [6.45, 7) is 13.1. The SMILES string of the molecule is Cc1cc(C)c(C(C)C)cc1-c1n[nH]c(=O)n1C1COC(C)(C)OC1. The number of nitrogens with one attached hydrogen (secondary N) is 1. The highest BCUT2D eigenvalue weighted by atomic mass is 16.7. The van der Waals surface area contributed by atoms with Gasteiger partial charge in [-0.15, -0.1) is 0 Å². The van der Waals surface area contributed by atoms with Crippen molar-refractivity contribution >= 4 is 0 Å². The number of aromatic nitrogens is 3. The molecular formula is C19H27N3O3. The second kappa shape index (κ2) is 6.42. The largest absolute Gasteiger partial charge is 0.348 e. The van der Waals surface area contributed by atoms with Crippen LogP contribution < -0.4 is 5.69 Å². The molecule has 1 saturated heterocycles. The molecule has 0 saturated carbocycles. The number of hydrogen-bond donors (Lipinski definition) is 1. The smallest absolute Gasteiger partial charge is 0.344 e. The number of aromatic amines is 1. The van der Waals surface area contributed by atoms with Crippen LogP contribution >= 0.6 is 0 Å². The molecule has 6 nitrogen and oxygen atoms in total. The number of rotatable bonds is 3. The first-order valence-electron chi connectivity index (χ1n) is 8.76. The highest BCUT2D eigenvalue weighted by molar-refractivity contribution is 5.63. The summed E-state index contributed by atoms with van der Waals surface area (Å²) in [4.78, 5) is 12.4. The monoisotopic (exact) mass is 345 g/mol. The van der Waals surface area contributed by atoms with Crippen molar-refractivity contribution in [3.63, 3.8) is 0 Å². The van der Waals surface area contributed by atoms with E-state index >= 15 is 0 Å². The zero-order valence-electron chi connectivity index (χ0n) is 15.8. The van der Waals surface area contributed by atoms with Crippen molar-refractivity contribution in [3.05, 3.63) is 39.3 Å². The summed E-state index contributed by atoms with van der Waals surface area (Å²) in [6, 6.07) is 4.11. The molecule has 0 radical (unpaired) electrons. The van der Waals surface area contributed by atoms with Crippen molar-refractivity contribution in [2.45, 2.75) is 59.3 Å². The number of ether oxygens (including phenoxy) is 2. The highest BCUT2D eigenvalue weighted by Crippen LogP contribution is 2.31. The number of hydrogen-bond acceptors (Lipinski definition) is 4. The van der Waals surface area contributed by atoms with E-state index in [2.05, 4.69) is 43.1 Å². The summed E-state index contributed by atoms with van der Waals surface area (Å²) in [5.74, 6) is 0.427. The molecule has 1 fully saturated rings. The Morgan fingerprint density at radius 2 is 1.84 bits per heavy atom. The maximum absolute atomic E-state index is 12.4. The van der Waals surface area contributed by atoms with Crippen molar-refractivity contribution in [3.8, 4) is 11.4 Å². The number of benzene rings is 1. The fourth-order valence-corrected chi connectivity index (χ4v) is 3.40. The van der Waals surface area contributed by atoms with Gasteiger partial charge < -0.3 is 9.47 Å². The van der Waals surface area contributed by atoms with Gasteiger partial charge in [-0.1, -0.05) is 19.9 Å². The topological polar surface area (TPSA) is 69.1 Å². The van der Waals surface area contributed by atoms with Crippen molar-refractivity contribution < 1.29 is 9.47 Å². The summed E-state index contributed by atoms with van der Waals surface area (Å²) >= 11 is 0. The summed E-state index contributed by atoms with van der Waals surface area (Å²) in [7, 11) is 0. The van der Waals surface area contributed by atoms with E-state index in [1.165, 1.54) is 11.1 Å². The Balaban J connectivity index is 2.06. The van der Waals surface area contributed by atoms with Crippen molar-refractivity contribution in [2.24, 2.45) is 0 Å². The van der Waals surface area contributed by atoms with Gasteiger partial charge in [0.2, 0.25) is 0 Å². The van der Waals surface area contributed by atoms with E-state index in [-0.39, 0.29) is 11.7 Å². The van der Waals surface area contributed by atoms with E-state index in [4.69, 9.17) is 9.47 Å². The molecule has 1 aromatic heterocycles.